The number of benzene rings is 2. The largest absolute Gasteiger partial charge is 0.492 e. The number of rotatable bonds is 11. The fraction of sp³-hybridized carbons (Fsp3) is 0.481. The van der Waals surface area contributed by atoms with E-state index in [9.17, 15) is 13.2 Å². The summed E-state index contributed by atoms with van der Waals surface area (Å²) in [6.45, 7) is 12.5. The van der Waals surface area contributed by atoms with Crippen LogP contribution in [-0.4, -0.2) is 50.8 Å². The van der Waals surface area contributed by atoms with Gasteiger partial charge in [-0.25, -0.2) is 13.2 Å². The Labute approximate surface area is 200 Å². The molecular weight excluding hydrogens is 443 g/mol. The zero-order valence-electron chi connectivity index (χ0n) is 20.6. The summed E-state index contributed by atoms with van der Waals surface area (Å²) in [7, 11) is 1.59. The first-order valence-electron chi connectivity index (χ1n) is 11.5. The Morgan fingerprint density at radius 1 is 1.03 bits per heavy atom. The zero-order valence-corrected chi connectivity index (χ0v) is 20.6. The van der Waals surface area contributed by atoms with E-state index in [4.69, 9.17) is 14.2 Å². The molecule has 0 N–H and O–H groups in total. The molecule has 3 rings (SSSR count). The molecule has 2 aromatic rings. The molecule has 1 aliphatic heterocycles. The highest BCUT2D eigenvalue weighted by Crippen LogP contribution is 2.47. The number of ether oxygens (including phenoxy) is 3. The Balaban J connectivity index is 1.79. The van der Waals surface area contributed by atoms with Crippen LogP contribution < -0.4 is 14.2 Å². The number of hydrogen-bond donors (Lipinski definition) is 0. The highest BCUT2D eigenvalue weighted by atomic mass is 19.3. The van der Waals surface area contributed by atoms with E-state index >= 15 is 0 Å². The molecule has 1 fully saturated rings. The third-order valence-corrected chi connectivity index (χ3v) is 6.35. The van der Waals surface area contributed by atoms with Crippen LogP contribution in [0.1, 0.15) is 48.4 Å². The maximum Gasteiger partial charge on any atom is 0.272 e. The smallest absolute Gasteiger partial charge is 0.272 e. The summed E-state index contributed by atoms with van der Waals surface area (Å²) in [6, 6.07) is 6.48. The van der Waals surface area contributed by atoms with E-state index in [-0.39, 0.29) is 31.4 Å². The van der Waals surface area contributed by atoms with Gasteiger partial charge in [-0.2, -0.15) is 0 Å². The van der Waals surface area contributed by atoms with Crippen molar-refractivity contribution in [2.45, 2.75) is 46.0 Å². The molecule has 1 heterocycles. The first-order chi connectivity index (χ1) is 16.0. The maximum atomic E-state index is 13.2. The molecule has 0 aliphatic carbocycles. The van der Waals surface area contributed by atoms with Crippen molar-refractivity contribution in [3.8, 4) is 17.2 Å². The molecule has 1 unspecified atom stereocenters. The van der Waals surface area contributed by atoms with E-state index in [2.05, 4.69) is 13.5 Å². The van der Waals surface area contributed by atoms with Crippen molar-refractivity contribution in [1.29, 1.82) is 0 Å². The summed E-state index contributed by atoms with van der Waals surface area (Å²) in [5.74, 6) is -1.11. The molecule has 0 spiro atoms. The van der Waals surface area contributed by atoms with E-state index in [1.54, 1.807) is 24.1 Å². The molecule has 0 bridgehead atoms. The molecule has 2 aromatic carbocycles. The second-order valence-electron chi connectivity index (χ2n) is 9.10. The lowest BCUT2D eigenvalue weighted by Gasteiger charge is -2.38. The van der Waals surface area contributed by atoms with Gasteiger partial charge in [0.2, 0.25) is 5.75 Å². The van der Waals surface area contributed by atoms with Crippen LogP contribution in [0.5, 0.6) is 17.2 Å². The van der Waals surface area contributed by atoms with Gasteiger partial charge in [-0.3, -0.25) is 4.90 Å². The number of alkyl halides is 2. The van der Waals surface area contributed by atoms with Crippen LogP contribution in [0.25, 0.3) is 5.57 Å². The first kappa shape index (κ1) is 25.9. The van der Waals surface area contributed by atoms with Gasteiger partial charge in [0.05, 0.1) is 26.8 Å². The minimum atomic E-state index is -2.61. The van der Waals surface area contributed by atoms with Gasteiger partial charge in [0.25, 0.3) is 5.92 Å². The van der Waals surface area contributed by atoms with E-state index in [0.29, 0.717) is 36.8 Å². The van der Waals surface area contributed by atoms with Crippen molar-refractivity contribution in [2.75, 3.05) is 40.0 Å². The minimum Gasteiger partial charge on any atom is -0.492 e. The molecule has 34 heavy (non-hydrogen) atoms. The fourth-order valence-corrected chi connectivity index (χ4v) is 4.28. The van der Waals surface area contributed by atoms with Gasteiger partial charge in [0.1, 0.15) is 12.4 Å². The van der Waals surface area contributed by atoms with E-state index < -0.39 is 5.92 Å². The molecule has 0 aromatic heterocycles. The van der Waals surface area contributed by atoms with Gasteiger partial charge in [-0.15, -0.1) is 0 Å². The normalized spacial score (nSPS) is 16.0. The molecule has 1 aliphatic rings. The molecule has 0 saturated carbocycles. The number of likely N-dealkylation sites (tertiary alicyclic amines) is 1. The van der Waals surface area contributed by atoms with Crippen LogP contribution >= 0.6 is 0 Å². The summed E-state index contributed by atoms with van der Waals surface area (Å²) in [5.41, 5.74) is 4.59. The molecular formula is C27H34F3NO3. The lowest BCUT2D eigenvalue weighted by molar-refractivity contribution is -0.132. The van der Waals surface area contributed by atoms with E-state index in [1.165, 1.54) is 12.1 Å². The van der Waals surface area contributed by atoms with Gasteiger partial charge < -0.3 is 14.2 Å². The summed E-state index contributed by atoms with van der Waals surface area (Å²) in [4.78, 5) is 1.66. The number of methoxy groups -OCH3 is 1. The maximum absolute atomic E-state index is 13.2. The van der Waals surface area contributed by atoms with E-state index in [1.807, 2.05) is 20.8 Å². The van der Waals surface area contributed by atoms with Crippen molar-refractivity contribution in [3.63, 3.8) is 0 Å². The van der Waals surface area contributed by atoms with Crippen molar-refractivity contribution in [2.24, 2.45) is 0 Å². The number of hydrogen-bond acceptors (Lipinski definition) is 4. The fourth-order valence-electron chi connectivity index (χ4n) is 4.28. The molecule has 0 amide bonds. The predicted octanol–water partition coefficient (Wildman–Crippen LogP) is 6.39. The molecule has 1 saturated heterocycles. The summed E-state index contributed by atoms with van der Waals surface area (Å²) >= 11 is 0. The highest BCUT2D eigenvalue weighted by Gasteiger charge is 2.43. The van der Waals surface area contributed by atoms with Crippen molar-refractivity contribution < 1.29 is 27.4 Å². The summed E-state index contributed by atoms with van der Waals surface area (Å²) in [6.07, 6.45) is 0.701. The SMILES string of the molecule is C=C(C)c1c(C)c(C)c(OC)c(OCCC(C)c2ccc(F)cc2)c1OCCN1CC(F)(F)C1. The van der Waals surface area contributed by atoms with Crippen LogP contribution in [0.2, 0.25) is 0 Å². The molecule has 0 radical (unpaired) electrons. The second kappa shape index (κ2) is 10.7. The quantitative estimate of drug-likeness (QED) is 0.375. The predicted molar refractivity (Wildman–Crippen MR) is 129 cm³/mol. The van der Waals surface area contributed by atoms with Crippen LogP contribution in [0.3, 0.4) is 0 Å². The topological polar surface area (TPSA) is 30.9 Å². The highest BCUT2D eigenvalue weighted by molar-refractivity contribution is 5.77. The Kier molecular flexibility index (Phi) is 8.18. The monoisotopic (exact) mass is 477 g/mol. The van der Waals surface area contributed by atoms with Crippen LogP contribution in [-0.2, 0) is 0 Å². The van der Waals surface area contributed by atoms with Gasteiger partial charge in [-0.1, -0.05) is 25.6 Å². The Morgan fingerprint density at radius 2 is 1.65 bits per heavy atom. The standard InChI is InChI=1S/C27H34F3NO3/c1-17(2)23-19(4)20(5)24(32-6)26(25(23)34-14-12-31-15-27(29,30)16-31)33-13-11-18(3)21-7-9-22(28)10-8-21/h7-10,18H,1,11-16H2,2-6H3. The lowest BCUT2D eigenvalue weighted by atomic mass is 9.95. The molecule has 1 atom stereocenters. The average molecular weight is 478 g/mol. The minimum absolute atomic E-state index is 0.163. The summed E-state index contributed by atoms with van der Waals surface area (Å²) < 4.78 is 57.6. The van der Waals surface area contributed by atoms with Crippen LogP contribution in [0.15, 0.2) is 30.8 Å². The Hall–Kier alpha value is -2.67. The Morgan fingerprint density at radius 3 is 2.21 bits per heavy atom. The van der Waals surface area contributed by atoms with Gasteiger partial charge in [0.15, 0.2) is 11.5 Å². The lowest BCUT2D eigenvalue weighted by Crippen LogP contribution is -2.57. The number of allylic oxidation sites excluding steroid dienone is 1. The van der Waals surface area contributed by atoms with Crippen molar-refractivity contribution in [3.05, 3.63) is 58.9 Å². The zero-order chi connectivity index (χ0) is 25.0. The van der Waals surface area contributed by atoms with Crippen molar-refractivity contribution >= 4 is 5.57 Å². The van der Waals surface area contributed by atoms with Crippen molar-refractivity contribution in [1.82, 2.24) is 4.90 Å². The first-order valence-corrected chi connectivity index (χ1v) is 11.5. The molecule has 7 heteroatoms. The van der Waals surface area contributed by atoms with Crippen LogP contribution in [0.4, 0.5) is 13.2 Å². The molecule has 186 valence electrons. The molecule has 4 nitrogen and oxygen atoms in total. The summed E-state index contributed by atoms with van der Waals surface area (Å²) in [5, 5.41) is 0. The van der Waals surface area contributed by atoms with Gasteiger partial charge in [0, 0.05) is 12.1 Å². The number of halogens is 3. The number of nitrogens with zero attached hydrogens (tertiary/aromatic N) is 1. The van der Waals surface area contributed by atoms with Crippen LogP contribution in [0, 0.1) is 19.7 Å². The average Bonchev–Trinajstić information content (AvgIpc) is 2.75. The third-order valence-electron chi connectivity index (χ3n) is 6.35. The van der Waals surface area contributed by atoms with Gasteiger partial charge >= 0.3 is 0 Å². The second-order valence-corrected chi connectivity index (χ2v) is 9.10. The van der Waals surface area contributed by atoms with Gasteiger partial charge in [-0.05, 0) is 67.5 Å². The third kappa shape index (κ3) is 5.87. The Bertz CT molecular complexity index is 1010. The van der Waals surface area contributed by atoms with E-state index in [0.717, 1.165) is 27.8 Å².